The highest BCUT2D eigenvalue weighted by Crippen LogP contribution is 2.18. The van der Waals surface area contributed by atoms with Gasteiger partial charge in [-0.3, -0.25) is 0 Å². The van der Waals surface area contributed by atoms with Crippen LogP contribution in [0, 0.1) is 5.92 Å². The highest BCUT2D eigenvalue weighted by atomic mass is 16.5. The molecule has 0 bridgehead atoms. The van der Waals surface area contributed by atoms with Crippen LogP contribution in [0.1, 0.15) is 27.2 Å². The second kappa shape index (κ2) is 5.86. The van der Waals surface area contributed by atoms with E-state index in [4.69, 9.17) is 0 Å². The van der Waals surface area contributed by atoms with E-state index in [1.54, 1.807) is 4.90 Å². The molecule has 0 aromatic rings. The number of hydrogen-bond donors (Lipinski definition) is 0. The summed E-state index contributed by atoms with van der Waals surface area (Å²) in [5.41, 5.74) is 0. The van der Waals surface area contributed by atoms with Crippen molar-refractivity contribution in [3.05, 3.63) is 0 Å². The van der Waals surface area contributed by atoms with Gasteiger partial charge in [0, 0.05) is 13.1 Å². The van der Waals surface area contributed by atoms with E-state index >= 15 is 0 Å². The molecule has 0 atom stereocenters. The number of likely N-dealkylation sites (tertiary alicyclic amines) is 1. The van der Waals surface area contributed by atoms with Crippen molar-refractivity contribution in [3.63, 3.8) is 0 Å². The Balaban J connectivity index is 0.000000561. The van der Waals surface area contributed by atoms with E-state index in [-0.39, 0.29) is 6.09 Å². The van der Waals surface area contributed by atoms with E-state index in [9.17, 15) is 4.79 Å². The Hall–Kier alpha value is -0.730. The minimum atomic E-state index is -0.190. The maximum Gasteiger partial charge on any atom is 0.409 e. The third kappa shape index (κ3) is 2.72. The number of ether oxygens (including phenoxy) is 1. The van der Waals surface area contributed by atoms with Gasteiger partial charge in [-0.25, -0.2) is 4.79 Å². The molecule has 0 saturated carbocycles. The van der Waals surface area contributed by atoms with Crippen molar-refractivity contribution in [2.75, 3.05) is 20.2 Å². The first-order valence-electron chi connectivity index (χ1n) is 4.60. The number of hydrogen-bond acceptors (Lipinski definition) is 2. The highest BCUT2D eigenvalue weighted by Gasteiger charge is 2.29. The highest BCUT2D eigenvalue weighted by molar-refractivity contribution is 5.68. The van der Waals surface area contributed by atoms with Gasteiger partial charge in [-0.2, -0.15) is 0 Å². The molecule has 3 nitrogen and oxygen atoms in total. The summed E-state index contributed by atoms with van der Waals surface area (Å²) >= 11 is 0. The van der Waals surface area contributed by atoms with Gasteiger partial charge >= 0.3 is 6.09 Å². The lowest BCUT2D eigenvalue weighted by Gasteiger charge is -2.37. The van der Waals surface area contributed by atoms with Crippen LogP contribution >= 0.6 is 0 Å². The smallest absolute Gasteiger partial charge is 0.409 e. The SMILES string of the molecule is CC.CCC1CN(C(=O)OC)C1. The number of nitrogens with zero attached hydrogens (tertiary/aromatic N) is 1. The summed E-state index contributed by atoms with van der Waals surface area (Å²) < 4.78 is 4.53. The molecule has 1 saturated heterocycles. The Morgan fingerprint density at radius 1 is 1.50 bits per heavy atom. The van der Waals surface area contributed by atoms with Gasteiger partial charge in [0.1, 0.15) is 0 Å². The van der Waals surface area contributed by atoms with E-state index in [0.717, 1.165) is 19.5 Å². The summed E-state index contributed by atoms with van der Waals surface area (Å²) in [6.07, 6.45) is 0.970. The normalized spacial score (nSPS) is 15.8. The number of amides is 1. The second-order valence-corrected chi connectivity index (χ2v) is 2.65. The predicted molar refractivity (Wildman–Crippen MR) is 49.1 cm³/mol. The van der Waals surface area contributed by atoms with Crippen LogP contribution < -0.4 is 0 Å². The van der Waals surface area contributed by atoms with E-state index < -0.39 is 0 Å². The lowest BCUT2D eigenvalue weighted by Crippen LogP contribution is -2.49. The zero-order valence-corrected chi connectivity index (χ0v) is 8.46. The van der Waals surface area contributed by atoms with Gasteiger partial charge in [0.05, 0.1) is 7.11 Å². The molecule has 0 radical (unpaired) electrons. The maximum atomic E-state index is 10.8. The molecule has 0 N–H and O–H groups in total. The van der Waals surface area contributed by atoms with Gasteiger partial charge in [0.15, 0.2) is 0 Å². The molecule has 0 aromatic heterocycles. The number of carbonyl (C=O) groups is 1. The van der Waals surface area contributed by atoms with Crippen molar-refractivity contribution in [1.29, 1.82) is 0 Å². The first kappa shape index (κ1) is 11.3. The molecule has 1 aliphatic rings. The third-order valence-corrected chi connectivity index (χ3v) is 1.97. The minimum Gasteiger partial charge on any atom is -0.453 e. The summed E-state index contributed by atoms with van der Waals surface area (Å²) in [5, 5.41) is 0. The van der Waals surface area contributed by atoms with Crippen molar-refractivity contribution >= 4 is 6.09 Å². The standard InChI is InChI=1S/C7H13NO2.C2H6/c1-3-6-4-8(5-6)7(9)10-2;1-2/h6H,3-5H2,1-2H3;1-2H3. The number of carbonyl (C=O) groups excluding carboxylic acids is 1. The molecule has 12 heavy (non-hydrogen) atoms. The molecule has 0 aromatic carbocycles. The van der Waals surface area contributed by atoms with Crippen molar-refractivity contribution < 1.29 is 9.53 Å². The van der Waals surface area contributed by atoms with Crippen molar-refractivity contribution in [1.82, 2.24) is 4.90 Å². The van der Waals surface area contributed by atoms with Crippen LogP contribution in [0.2, 0.25) is 0 Å². The van der Waals surface area contributed by atoms with Crippen molar-refractivity contribution in [2.24, 2.45) is 5.92 Å². The molecule has 1 fully saturated rings. The zero-order chi connectivity index (χ0) is 9.56. The van der Waals surface area contributed by atoms with Gasteiger partial charge in [-0.05, 0) is 12.3 Å². The van der Waals surface area contributed by atoms with E-state index in [0.29, 0.717) is 5.92 Å². The van der Waals surface area contributed by atoms with E-state index in [1.807, 2.05) is 13.8 Å². The average molecular weight is 173 g/mol. The Bertz CT molecular complexity index is 130. The maximum absolute atomic E-state index is 10.8. The first-order chi connectivity index (χ1) is 5.77. The van der Waals surface area contributed by atoms with E-state index in [1.165, 1.54) is 7.11 Å². The van der Waals surface area contributed by atoms with Gasteiger partial charge in [-0.15, -0.1) is 0 Å². The molecular formula is C9H19NO2. The molecule has 72 valence electrons. The summed E-state index contributed by atoms with van der Waals surface area (Å²) in [6.45, 7) is 7.89. The molecule has 0 spiro atoms. The topological polar surface area (TPSA) is 29.5 Å². The lowest BCUT2D eigenvalue weighted by atomic mass is 9.98. The van der Waals surface area contributed by atoms with Crippen LogP contribution in [0.5, 0.6) is 0 Å². The molecule has 0 aliphatic carbocycles. The predicted octanol–water partition coefficient (Wildman–Crippen LogP) is 2.12. The molecular weight excluding hydrogens is 154 g/mol. The monoisotopic (exact) mass is 173 g/mol. The molecule has 1 heterocycles. The van der Waals surface area contributed by atoms with Crippen molar-refractivity contribution in [3.8, 4) is 0 Å². The van der Waals surface area contributed by atoms with Crippen LogP contribution in [0.4, 0.5) is 4.79 Å². The summed E-state index contributed by atoms with van der Waals surface area (Å²) in [5.74, 6) is 0.707. The first-order valence-corrected chi connectivity index (χ1v) is 4.60. The van der Waals surface area contributed by atoms with Crippen molar-refractivity contribution in [2.45, 2.75) is 27.2 Å². The van der Waals surface area contributed by atoms with Crippen LogP contribution in [-0.4, -0.2) is 31.2 Å². The van der Waals surface area contributed by atoms with Crippen LogP contribution in [0.15, 0.2) is 0 Å². The molecule has 1 rings (SSSR count). The van der Waals surface area contributed by atoms with Crippen LogP contribution in [-0.2, 0) is 4.74 Å². The molecule has 0 unspecified atom stereocenters. The van der Waals surface area contributed by atoms with Gasteiger partial charge in [0.25, 0.3) is 0 Å². The summed E-state index contributed by atoms with van der Waals surface area (Å²) in [7, 11) is 1.42. The lowest BCUT2D eigenvalue weighted by molar-refractivity contribution is 0.0665. The molecule has 1 amide bonds. The fourth-order valence-corrected chi connectivity index (χ4v) is 1.11. The van der Waals surface area contributed by atoms with Crippen LogP contribution in [0.25, 0.3) is 0 Å². The Morgan fingerprint density at radius 2 is 2.00 bits per heavy atom. The number of methoxy groups -OCH3 is 1. The van der Waals surface area contributed by atoms with Gasteiger partial charge < -0.3 is 9.64 Å². The molecule has 1 aliphatic heterocycles. The Labute approximate surface area is 74.7 Å². The molecule has 3 heteroatoms. The van der Waals surface area contributed by atoms with E-state index in [2.05, 4.69) is 11.7 Å². The fraction of sp³-hybridized carbons (Fsp3) is 0.889. The zero-order valence-electron chi connectivity index (χ0n) is 8.46. The van der Waals surface area contributed by atoms with Gasteiger partial charge in [-0.1, -0.05) is 20.8 Å². The fourth-order valence-electron chi connectivity index (χ4n) is 1.11. The quantitative estimate of drug-likeness (QED) is 0.608. The summed E-state index contributed by atoms with van der Waals surface area (Å²) in [4.78, 5) is 12.5. The summed E-state index contributed by atoms with van der Waals surface area (Å²) in [6, 6.07) is 0. The average Bonchev–Trinajstić information content (AvgIpc) is 2.06. The largest absolute Gasteiger partial charge is 0.453 e. The Kier molecular flexibility index (Phi) is 5.51. The number of rotatable bonds is 1. The Morgan fingerprint density at radius 3 is 2.33 bits per heavy atom. The second-order valence-electron chi connectivity index (χ2n) is 2.65. The third-order valence-electron chi connectivity index (χ3n) is 1.97. The minimum absolute atomic E-state index is 0.190. The van der Waals surface area contributed by atoms with Gasteiger partial charge in [0.2, 0.25) is 0 Å². The van der Waals surface area contributed by atoms with Crippen LogP contribution in [0.3, 0.4) is 0 Å².